The van der Waals surface area contributed by atoms with Gasteiger partial charge in [-0.05, 0) is 36.2 Å². The minimum atomic E-state index is -3.83. The highest BCUT2D eigenvalue weighted by molar-refractivity contribution is 9.10. The summed E-state index contributed by atoms with van der Waals surface area (Å²) in [4.78, 5) is 23.8. The van der Waals surface area contributed by atoms with Crippen LogP contribution in [0.2, 0.25) is 0 Å². The van der Waals surface area contributed by atoms with Crippen molar-refractivity contribution in [1.82, 2.24) is 9.29 Å². The smallest absolute Gasteiger partial charge is 0.420 e. The fourth-order valence-electron chi connectivity index (χ4n) is 2.66. The second-order valence-corrected chi connectivity index (χ2v) is 8.94. The average Bonchev–Trinajstić information content (AvgIpc) is 2.99. The molecule has 3 aromatic rings. The quantitative estimate of drug-likeness (QED) is 0.494. The molecule has 0 fully saturated rings. The van der Waals surface area contributed by atoms with Gasteiger partial charge in [0.25, 0.3) is 0 Å². The summed E-state index contributed by atoms with van der Waals surface area (Å²) >= 11 is 3.34. The van der Waals surface area contributed by atoms with Crippen LogP contribution < -0.4 is 10.5 Å². The molecule has 0 aliphatic carbocycles. The van der Waals surface area contributed by atoms with E-state index in [1.165, 1.54) is 18.2 Å². The predicted molar refractivity (Wildman–Crippen MR) is 110 cm³/mol. The van der Waals surface area contributed by atoms with E-state index in [0.717, 1.165) is 14.6 Å². The van der Waals surface area contributed by atoms with E-state index in [9.17, 15) is 18.0 Å². The maximum Gasteiger partial charge on any atom is 0.420 e. The summed E-state index contributed by atoms with van der Waals surface area (Å²) in [5.74, 6) is -1.32. The summed E-state index contributed by atoms with van der Waals surface area (Å²) in [6, 6.07) is 11.3. The van der Waals surface area contributed by atoms with Gasteiger partial charge >= 0.3 is 11.7 Å². The van der Waals surface area contributed by atoms with Crippen LogP contribution in [0.25, 0.3) is 11.1 Å². The van der Waals surface area contributed by atoms with Crippen molar-refractivity contribution >= 4 is 43.0 Å². The van der Waals surface area contributed by atoms with Crippen molar-refractivity contribution in [2.24, 2.45) is 0 Å². The minimum Gasteiger partial charge on any atom is -0.464 e. The van der Waals surface area contributed by atoms with Crippen LogP contribution in [-0.4, -0.2) is 25.6 Å². The number of nitrogens with zero attached hydrogens (tertiary/aromatic N) is 1. The first-order chi connectivity index (χ1) is 13.8. The van der Waals surface area contributed by atoms with Gasteiger partial charge in [-0.1, -0.05) is 35.0 Å². The van der Waals surface area contributed by atoms with Crippen LogP contribution in [0, 0.1) is 0 Å². The number of fused-ring (bicyclic) bond motifs is 1. The average molecular weight is 483 g/mol. The number of nitrogens with one attached hydrogen (secondary N) is 1. The number of esters is 1. The van der Waals surface area contributed by atoms with Crippen molar-refractivity contribution in [1.29, 1.82) is 0 Å². The molecule has 1 aromatic heterocycles. The Balaban J connectivity index is 1.82. The number of aromatic nitrogens is 1. The molecule has 29 heavy (non-hydrogen) atoms. The Hall–Kier alpha value is -2.43. The van der Waals surface area contributed by atoms with E-state index in [4.69, 9.17) is 9.15 Å². The molecular formula is C19H19BrN2O6S. The van der Waals surface area contributed by atoms with Gasteiger partial charge in [0.15, 0.2) is 5.58 Å². The number of carbonyl (C=O) groups is 1. The lowest BCUT2D eigenvalue weighted by atomic mass is 10.2. The number of benzene rings is 2. The van der Waals surface area contributed by atoms with E-state index in [0.29, 0.717) is 11.9 Å². The molecule has 1 heterocycles. The normalized spacial score (nSPS) is 11.7. The Morgan fingerprint density at radius 2 is 2.03 bits per heavy atom. The summed E-state index contributed by atoms with van der Waals surface area (Å²) in [5.41, 5.74) is 1.17. The van der Waals surface area contributed by atoms with Gasteiger partial charge in [-0.2, -0.15) is 0 Å². The number of carbonyl (C=O) groups excluding carboxylic acids is 1. The molecule has 8 nitrogen and oxygen atoms in total. The molecule has 0 aliphatic rings. The summed E-state index contributed by atoms with van der Waals surface area (Å²) in [6.07, 6.45) is 0.668. The monoisotopic (exact) mass is 482 g/mol. The topological polar surface area (TPSA) is 108 Å². The van der Waals surface area contributed by atoms with Gasteiger partial charge < -0.3 is 9.15 Å². The van der Waals surface area contributed by atoms with E-state index in [1.807, 2.05) is 25.1 Å². The zero-order chi connectivity index (χ0) is 21.0. The molecule has 0 aliphatic heterocycles. The van der Waals surface area contributed by atoms with Crippen LogP contribution in [0.15, 0.2) is 61.0 Å². The third-order valence-corrected chi connectivity index (χ3v) is 5.95. The molecular weight excluding hydrogens is 464 g/mol. The van der Waals surface area contributed by atoms with Gasteiger partial charge in [0, 0.05) is 17.1 Å². The molecule has 0 saturated heterocycles. The van der Waals surface area contributed by atoms with Crippen LogP contribution in [0.4, 0.5) is 0 Å². The zero-order valence-electron chi connectivity index (χ0n) is 15.6. The third kappa shape index (κ3) is 5.14. The van der Waals surface area contributed by atoms with Crippen molar-refractivity contribution in [3.63, 3.8) is 0 Å². The van der Waals surface area contributed by atoms with Crippen molar-refractivity contribution in [2.75, 3.05) is 6.61 Å². The summed E-state index contributed by atoms with van der Waals surface area (Å²) < 4.78 is 39.8. The molecule has 154 valence electrons. The number of hydrogen-bond acceptors (Lipinski definition) is 6. The van der Waals surface area contributed by atoms with Gasteiger partial charge in [0.2, 0.25) is 10.0 Å². The van der Waals surface area contributed by atoms with Crippen LogP contribution in [0.3, 0.4) is 0 Å². The van der Waals surface area contributed by atoms with Crippen LogP contribution in [-0.2, 0) is 32.6 Å². The third-order valence-electron chi connectivity index (χ3n) is 4.06. The molecule has 0 saturated carbocycles. The number of sulfonamides is 1. The SMILES string of the molecule is CCCOC(=O)Cn1c(=O)oc2cc(S(=O)(=O)NCc3cccc(Br)c3)ccc21. The van der Waals surface area contributed by atoms with Gasteiger partial charge in [-0.25, -0.2) is 17.9 Å². The first-order valence-electron chi connectivity index (χ1n) is 8.83. The number of halogens is 1. The van der Waals surface area contributed by atoms with Crippen LogP contribution in [0.1, 0.15) is 18.9 Å². The van der Waals surface area contributed by atoms with E-state index in [1.54, 1.807) is 6.07 Å². The van der Waals surface area contributed by atoms with Crippen LogP contribution >= 0.6 is 15.9 Å². The molecule has 2 aromatic carbocycles. The fraction of sp³-hybridized carbons (Fsp3) is 0.263. The first kappa shape index (κ1) is 21.3. The molecule has 0 amide bonds. The largest absolute Gasteiger partial charge is 0.464 e. The summed E-state index contributed by atoms with van der Waals surface area (Å²) in [6.45, 7) is 1.92. The molecule has 0 radical (unpaired) electrons. The highest BCUT2D eigenvalue weighted by Crippen LogP contribution is 2.19. The molecule has 1 N–H and O–H groups in total. The van der Waals surface area contributed by atoms with Crippen molar-refractivity contribution in [3.05, 3.63) is 63.1 Å². The van der Waals surface area contributed by atoms with Crippen molar-refractivity contribution < 1.29 is 22.4 Å². The van der Waals surface area contributed by atoms with Gasteiger partial charge in [-0.15, -0.1) is 0 Å². The molecule has 3 rings (SSSR count). The van der Waals surface area contributed by atoms with Gasteiger partial charge in [-0.3, -0.25) is 9.36 Å². The molecule has 0 atom stereocenters. The number of rotatable bonds is 8. The Kier molecular flexibility index (Phi) is 6.56. The van der Waals surface area contributed by atoms with Gasteiger partial charge in [0.1, 0.15) is 6.54 Å². The highest BCUT2D eigenvalue weighted by atomic mass is 79.9. The molecule has 0 spiro atoms. The number of oxazole rings is 1. The van der Waals surface area contributed by atoms with E-state index >= 15 is 0 Å². The standard InChI is InChI=1S/C19H19BrN2O6S/c1-2-8-27-18(23)12-22-16-7-6-15(10-17(16)28-19(22)24)29(25,26)21-11-13-4-3-5-14(20)9-13/h3-7,9-10,21H,2,8,11-12H2,1H3. The maximum atomic E-state index is 12.6. The van der Waals surface area contributed by atoms with Crippen molar-refractivity contribution in [3.8, 4) is 0 Å². The minimum absolute atomic E-state index is 0.0468. The lowest BCUT2D eigenvalue weighted by Crippen LogP contribution is -2.23. The Labute approximate surface area is 175 Å². The summed E-state index contributed by atoms with van der Waals surface area (Å²) in [5, 5.41) is 0. The lowest BCUT2D eigenvalue weighted by molar-refractivity contribution is -0.144. The predicted octanol–water partition coefficient (Wildman–Crippen LogP) is 2.79. The van der Waals surface area contributed by atoms with Crippen LogP contribution in [0.5, 0.6) is 0 Å². The lowest BCUT2D eigenvalue weighted by Gasteiger charge is -2.08. The fourth-order valence-corrected chi connectivity index (χ4v) is 4.14. The van der Waals surface area contributed by atoms with E-state index in [-0.39, 0.29) is 30.2 Å². The van der Waals surface area contributed by atoms with E-state index < -0.39 is 21.7 Å². The maximum absolute atomic E-state index is 12.6. The highest BCUT2D eigenvalue weighted by Gasteiger charge is 2.19. The van der Waals surface area contributed by atoms with E-state index in [2.05, 4.69) is 20.7 Å². The summed E-state index contributed by atoms with van der Waals surface area (Å²) in [7, 11) is -3.83. The second kappa shape index (κ2) is 8.93. The Morgan fingerprint density at radius 3 is 2.76 bits per heavy atom. The Bertz CT molecular complexity index is 1200. The number of ether oxygens (including phenoxy) is 1. The van der Waals surface area contributed by atoms with Gasteiger partial charge in [0.05, 0.1) is 17.0 Å². The van der Waals surface area contributed by atoms with Crippen molar-refractivity contribution in [2.45, 2.75) is 31.3 Å². The molecule has 0 unspecified atom stereocenters. The Morgan fingerprint density at radius 1 is 1.24 bits per heavy atom. The first-order valence-corrected chi connectivity index (χ1v) is 11.1. The number of hydrogen-bond donors (Lipinski definition) is 1. The molecule has 0 bridgehead atoms. The second-order valence-electron chi connectivity index (χ2n) is 6.26. The zero-order valence-corrected chi connectivity index (χ0v) is 18.0. The molecule has 10 heteroatoms.